The highest BCUT2D eigenvalue weighted by Crippen LogP contribution is 2.54. The van der Waals surface area contributed by atoms with E-state index in [-0.39, 0.29) is 113 Å². The highest BCUT2D eigenvalue weighted by Gasteiger charge is 2.37. The molecule has 121 heavy (non-hydrogen) atoms. The van der Waals surface area contributed by atoms with E-state index in [2.05, 4.69) is 43.1 Å². The number of hydrogen-bond acceptors (Lipinski definition) is 25. The van der Waals surface area contributed by atoms with Crippen LogP contribution in [0.1, 0.15) is 119 Å². The maximum absolute atomic E-state index is 12.6. The molecular formula is C83H132N13O24P. The molecule has 3 aromatic carbocycles. The maximum atomic E-state index is 12.6. The second-order valence-corrected chi connectivity index (χ2v) is 37.1. The van der Waals surface area contributed by atoms with Crippen molar-refractivity contribution >= 4 is 78.8 Å². The van der Waals surface area contributed by atoms with Crippen molar-refractivity contribution in [3.8, 4) is 0 Å². The van der Waals surface area contributed by atoms with Crippen LogP contribution in [0.4, 0.5) is 0 Å². The predicted molar refractivity (Wildman–Crippen MR) is 452 cm³/mol. The summed E-state index contributed by atoms with van der Waals surface area (Å²) in [4.78, 5) is 169. The lowest BCUT2D eigenvalue weighted by Gasteiger charge is -2.33. The van der Waals surface area contributed by atoms with Crippen molar-refractivity contribution in [2.45, 2.75) is 124 Å². The molecule has 7 rings (SSSR count). The second-order valence-electron chi connectivity index (χ2n) is 34.1. The van der Waals surface area contributed by atoms with Gasteiger partial charge in [-0.1, -0.05) is 116 Å². The normalized spacial score (nSPS) is 19.2. The lowest BCUT2D eigenvalue weighted by Crippen LogP contribution is -2.49. The quantitative estimate of drug-likeness (QED) is 0.0308. The van der Waals surface area contributed by atoms with Gasteiger partial charge >= 0.3 is 59.7 Å². The van der Waals surface area contributed by atoms with Crippen LogP contribution in [0.25, 0.3) is 0 Å². The molecule has 0 bridgehead atoms. The maximum Gasteiger partial charge on any atom is 0.317 e. The number of aliphatic carboxylic acids is 10. The van der Waals surface area contributed by atoms with Gasteiger partial charge in [0.05, 0.1) is 71.7 Å². The van der Waals surface area contributed by atoms with Crippen molar-refractivity contribution in [1.82, 2.24) is 64.1 Å². The Hall–Kier alpha value is -8.79. The molecule has 3 aromatic rings. The minimum Gasteiger partial charge on any atom is -0.480 e. The molecule has 0 radical (unpaired) electrons. The van der Waals surface area contributed by atoms with Gasteiger partial charge in [0.25, 0.3) is 5.91 Å². The number of carboxylic acid groups (broad SMARTS) is 10. The van der Waals surface area contributed by atoms with E-state index in [0.717, 1.165) is 16.7 Å². The number of hydrogen-bond donors (Lipinski definition) is 12. The minimum absolute atomic E-state index is 0.0122. The largest absolute Gasteiger partial charge is 0.480 e. The summed E-state index contributed by atoms with van der Waals surface area (Å²) in [6, 6.07) is 22.5. The average molecular weight is 1730 g/mol. The van der Waals surface area contributed by atoms with Crippen LogP contribution < -0.4 is 5.32 Å². The lowest BCUT2D eigenvalue weighted by atomic mass is 9.86. The summed E-state index contributed by atoms with van der Waals surface area (Å²) in [6.45, 7) is 28.6. The molecule has 37 nitrogen and oxygen atoms in total. The van der Waals surface area contributed by atoms with Crippen LogP contribution in [0.3, 0.4) is 0 Å². The summed E-state index contributed by atoms with van der Waals surface area (Å²) in [5.74, 6) is -9.33. The number of nitrogens with zero attached hydrogens (tertiary/aromatic N) is 12. The highest BCUT2D eigenvalue weighted by atomic mass is 31.2. The highest BCUT2D eigenvalue weighted by molar-refractivity contribution is 7.59. The van der Waals surface area contributed by atoms with Crippen molar-refractivity contribution in [2.24, 2.45) is 5.92 Å². The van der Waals surface area contributed by atoms with Crippen LogP contribution in [0.2, 0.25) is 0 Å². The van der Waals surface area contributed by atoms with Crippen molar-refractivity contribution in [1.29, 1.82) is 0 Å². The number of carboxylic acids is 10. The third kappa shape index (κ3) is 43.2. The minimum atomic E-state index is -3.43. The predicted octanol–water partition coefficient (Wildman–Crippen LogP) is 2.58. The number of rotatable bonds is 33. The van der Waals surface area contributed by atoms with Crippen LogP contribution in [-0.2, 0) is 77.3 Å². The van der Waals surface area contributed by atoms with Gasteiger partial charge in [0.2, 0.25) is 7.37 Å². The fourth-order valence-electron chi connectivity index (χ4n) is 14.1. The standard InChI is InChI=1S/C24H35N3O7.C23H35N3O6.C21H32N4O5.C15H30N3O6P/c1-17(2)11-21(28)19-5-3-18(4-6-19)12-20-13-26(15-23(31)32)8-7-25(14-22(29)30)9-10-27(20)16-24(33)34;1-23(2,3)18-6-4-17(5-7-18)12-19-13-25(15-21(29)30)9-8-24(14-20(27)28)10-11-26(19)16-22(31)32;1-16(2)22-21(30)18-5-3-17(4-6-18)13-23-7-9-24(14-19(26)27)11-12-25(10-8-23)15-20(28)29;1-15(2,3)25(23,24)12-18-8-6-16(10-13(19)20)4-5-17(7-9-18)11-14(21)22/h3-6,17,20H,7-16H2,1-2H3,(H,29,30)(H,31,32)(H,33,34);4-7,19H,8-16H2,1-3H3,(H,27,28)(H,29,30)(H,31,32);3-6,16H,7-15H2,1-2H3,(H,22,30)(H,26,27)(H,28,29);4-12H2,1-3H3,(H,19,20)(H,21,22)(H,23,24). The average Bonchev–Trinajstić information content (AvgIpc) is 1.60. The van der Waals surface area contributed by atoms with E-state index in [0.29, 0.717) is 181 Å². The Morgan fingerprint density at radius 2 is 0.620 bits per heavy atom. The fraction of sp³-hybridized carbons (Fsp3) is 0.639. The molecule has 678 valence electrons. The Kier molecular flexibility index (Phi) is 44.9. The Balaban J connectivity index is 0.000000341. The third-order valence-corrected chi connectivity index (χ3v) is 23.8. The fourth-order valence-corrected chi connectivity index (χ4v) is 15.4. The number of amides is 1. The zero-order valence-corrected chi connectivity index (χ0v) is 72.8. The molecule has 4 heterocycles. The first-order valence-corrected chi connectivity index (χ1v) is 42.8. The Bertz CT molecular complexity index is 3810. The molecular weight excluding hydrogens is 1590 g/mol. The van der Waals surface area contributed by atoms with E-state index in [1.807, 2.05) is 83.7 Å². The summed E-state index contributed by atoms with van der Waals surface area (Å²) in [6.07, 6.45) is 1.53. The van der Waals surface area contributed by atoms with Gasteiger partial charge in [-0.2, -0.15) is 0 Å². The number of carbonyl (C=O) groups excluding carboxylic acids is 2. The molecule has 3 unspecified atom stereocenters. The summed E-state index contributed by atoms with van der Waals surface area (Å²) in [7, 11) is -3.43. The van der Waals surface area contributed by atoms with Crippen molar-refractivity contribution in [2.75, 3.05) is 216 Å². The van der Waals surface area contributed by atoms with Gasteiger partial charge in [-0.25, -0.2) is 0 Å². The molecule has 38 heteroatoms. The van der Waals surface area contributed by atoms with Gasteiger partial charge in [-0.15, -0.1) is 0 Å². The van der Waals surface area contributed by atoms with E-state index >= 15 is 0 Å². The van der Waals surface area contributed by atoms with Crippen LogP contribution in [0.5, 0.6) is 0 Å². The molecule has 4 aliphatic rings. The number of carbonyl (C=O) groups is 12. The summed E-state index contributed by atoms with van der Waals surface area (Å²) in [5.41, 5.74) is 5.48. The molecule has 4 saturated heterocycles. The molecule has 0 spiro atoms. The zero-order valence-electron chi connectivity index (χ0n) is 71.9. The monoisotopic (exact) mass is 1730 g/mol. The molecule has 3 atom stereocenters. The van der Waals surface area contributed by atoms with Crippen LogP contribution in [-0.4, -0.2) is 425 Å². The molecule has 0 saturated carbocycles. The van der Waals surface area contributed by atoms with Gasteiger partial charge in [-0.05, 0) is 72.4 Å². The smallest absolute Gasteiger partial charge is 0.317 e. The van der Waals surface area contributed by atoms with E-state index in [4.69, 9.17) is 20.4 Å². The molecule has 4 fully saturated rings. The van der Waals surface area contributed by atoms with Crippen LogP contribution in [0, 0.1) is 5.92 Å². The lowest BCUT2D eigenvalue weighted by molar-refractivity contribution is -0.140. The van der Waals surface area contributed by atoms with Gasteiger partial charge in [0, 0.05) is 191 Å². The van der Waals surface area contributed by atoms with Crippen molar-refractivity contribution < 1.29 is 118 Å². The molecule has 12 N–H and O–H groups in total. The second kappa shape index (κ2) is 52.0. The Morgan fingerprint density at radius 3 is 0.909 bits per heavy atom. The van der Waals surface area contributed by atoms with Crippen molar-refractivity contribution in [3.05, 3.63) is 106 Å². The molecule has 1 amide bonds. The summed E-state index contributed by atoms with van der Waals surface area (Å²) in [5, 5.41) is 94.5. The third-order valence-electron chi connectivity index (χ3n) is 20.9. The van der Waals surface area contributed by atoms with Crippen LogP contribution >= 0.6 is 7.37 Å². The van der Waals surface area contributed by atoms with E-state index in [9.17, 15) is 97.6 Å². The van der Waals surface area contributed by atoms with E-state index < -0.39 is 72.2 Å². The Morgan fingerprint density at radius 1 is 0.355 bits per heavy atom. The van der Waals surface area contributed by atoms with E-state index in [1.165, 1.54) is 5.56 Å². The zero-order chi connectivity index (χ0) is 90.5. The topological polar surface area (TPSA) is 495 Å². The summed E-state index contributed by atoms with van der Waals surface area (Å²) >= 11 is 0. The molecule has 4 aliphatic heterocycles. The van der Waals surface area contributed by atoms with Crippen molar-refractivity contribution in [3.63, 3.8) is 0 Å². The van der Waals surface area contributed by atoms with Crippen LogP contribution in [0.15, 0.2) is 72.8 Å². The first-order valence-electron chi connectivity index (χ1n) is 40.9. The van der Waals surface area contributed by atoms with E-state index in [1.54, 1.807) is 79.3 Å². The number of Topliss-reactive ketones (excluding diaryl/α,β-unsaturated/α-hetero) is 1. The molecule has 0 aliphatic carbocycles. The first kappa shape index (κ1) is 105. The molecule has 0 aromatic heterocycles. The van der Waals surface area contributed by atoms with Gasteiger partial charge < -0.3 is 61.3 Å². The SMILES string of the molecule is CC(C)(C)P(=O)(O)CN1CCN(CC(=O)O)CCN(CC(=O)O)CC1.CC(C)(C)c1ccc(CC2CN(CC(=O)O)CCN(CC(=O)O)CCN2CC(=O)O)cc1.CC(C)CC(=O)c1ccc(CC2CN(CC(=O)O)CCN(CC(=O)O)CCN2CC(=O)O)cc1.CC(C)NC(=O)c1ccc(CN2CCN(CC(=O)O)CCN(CC(=O)O)CC2)cc1. The first-order chi connectivity index (χ1) is 56.6. The number of ketones is 1. The Labute approximate surface area is 709 Å². The van der Waals surface area contributed by atoms with Gasteiger partial charge in [-0.3, -0.25) is 121 Å². The summed E-state index contributed by atoms with van der Waals surface area (Å²) < 4.78 is 12.6. The van der Waals surface area contributed by atoms with Gasteiger partial charge in [0.1, 0.15) is 0 Å². The number of nitrogens with one attached hydrogen (secondary N) is 1. The van der Waals surface area contributed by atoms with Gasteiger partial charge in [0.15, 0.2) is 5.78 Å². The number of benzene rings is 3.